The highest BCUT2D eigenvalue weighted by atomic mass is 79.9. The molecule has 36 heavy (non-hydrogen) atoms. The van der Waals surface area contributed by atoms with Crippen molar-refractivity contribution < 1.29 is 19.1 Å². The second kappa shape index (κ2) is 11.9. The van der Waals surface area contributed by atoms with E-state index in [0.29, 0.717) is 55.4 Å². The average Bonchev–Trinajstić information content (AvgIpc) is 3.09. The molecule has 0 bridgehead atoms. The lowest BCUT2D eigenvalue weighted by atomic mass is 10.1. The molecule has 3 aromatic carbocycles. The van der Waals surface area contributed by atoms with Crippen LogP contribution in [0.5, 0.6) is 11.5 Å². The number of nitrogens with zero attached hydrogens (tertiary/aromatic N) is 1. The van der Waals surface area contributed by atoms with Gasteiger partial charge < -0.3 is 9.47 Å². The first kappa shape index (κ1) is 26.9. The van der Waals surface area contributed by atoms with Gasteiger partial charge in [0.1, 0.15) is 6.61 Å². The number of carbonyl (C=O) groups excluding carboxylic acids is 2. The van der Waals surface area contributed by atoms with Crippen molar-refractivity contribution in [2.24, 2.45) is 0 Å². The Kier molecular flexibility index (Phi) is 8.91. The molecule has 0 aliphatic carbocycles. The monoisotopic (exact) mass is 625 g/mol. The van der Waals surface area contributed by atoms with E-state index in [-0.39, 0.29) is 11.4 Å². The van der Waals surface area contributed by atoms with Crippen LogP contribution in [0.25, 0.3) is 6.08 Å². The minimum Gasteiger partial charge on any atom is -0.490 e. The molecule has 0 saturated carbocycles. The summed E-state index contributed by atoms with van der Waals surface area (Å²) in [4.78, 5) is 27.1. The van der Waals surface area contributed by atoms with Gasteiger partial charge in [-0.1, -0.05) is 53.0 Å². The summed E-state index contributed by atoms with van der Waals surface area (Å²) in [6, 6.07) is 16.0. The molecule has 0 atom stereocenters. The zero-order chi connectivity index (χ0) is 25.8. The lowest BCUT2D eigenvalue weighted by molar-refractivity contribution is -0.123. The fraction of sp³-hybridized carbons (Fsp3) is 0.154. The Hall–Kier alpha value is -2.16. The summed E-state index contributed by atoms with van der Waals surface area (Å²) in [5.41, 5.74) is 2.14. The zero-order valence-electron chi connectivity index (χ0n) is 18.9. The van der Waals surface area contributed by atoms with Crippen molar-refractivity contribution in [3.05, 3.63) is 95.7 Å². The quantitative estimate of drug-likeness (QED) is 0.234. The van der Waals surface area contributed by atoms with Crippen molar-refractivity contribution in [3.8, 4) is 11.5 Å². The number of benzene rings is 3. The molecular weight excluding hydrogens is 609 g/mol. The van der Waals surface area contributed by atoms with Crippen molar-refractivity contribution in [2.45, 2.75) is 20.1 Å². The molecule has 1 fully saturated rings. The van der Waals surface area contributed by atoms with Crippen LogP contribution in [0.15, 0.2) is 64.0 Å². The third-order valence-electron chi connectivity index (χ3n) is 5.18. The molecule has 1 aliphatic rings. The van der Waals surface area contributed by atoms with Gasteiger partial charge in [-0.15, -0.1) is 0 Å². The van der Waals surface area contributed by atoms with Crippen molar-refractivity contribution in [1.29, 1.82) is 0 Å². The number of thioether (sulfide) groups is 1. The molecule has 0 radical (unpaired) electrons. The molecule has 4 rings (SSSR count). The molecule has 0 aromatic heterocycles. The number of hydrogen-bond donors (Lipinski definition) is 0. The summed E-state index contributed by atoms with van der Waals surface area (Å²) in [6.07, 6.45) is 1.65. The number of halogens is 4. The van der Waals surface area contributed by atoms with Crippen molar-refractivity contribution >= 4 is 79.7 Å². The SMILES string of the molecule is CCOc1cc(/C=C2/SC(=O)N(Cc3c(Cl)cccc3Cl)C2=O)cc(Br)c1OCc1ccc(Cl)cc1. The van der Waals surface area contributed by atoms with Gasteiger partial charge in [-0.3, -0.25) is 14.5 Å². The fourth-order valence-corrected chi connectivity index (χ4v) is 5.50. The minimum absolute atomic E-state index is 0.00806. The van der Waals surface area contributed by atoms with E-state index in [4.69, 9.17) is 44.3 Å². The van der Waals surface area contributed by atoms with Crippen LogP contribution in [0.1, 0.15) is 23.6 Å². The van der Waals surface area contributed by atoms with E-state index in [1.54, 1.807) is 48.5 Å². The van der Waals surface area contributed by atoms with Gasteiger partial charge in [0.05, 0.1) is 22.5 Å². The van der Waals surface area contributed by atoms with Gasteiger partial charge in [-0.2, -0.15) is 0 Å². The van der Waals surface area contributed by atoms with Crippen LogP contribution in [0, 0.1) is 0 Å². The van der Waals surface area contributed by atoms with Gasteiger partial charge in [-0.25, -0.2) is 0 Å². The Morgan fingerprint density at radius 3 is 2.36 bits per heavy atom. The van der Waals surface area contributed by atoms with Crippen LogP contribution < -0.4 is 9.47 Å². The Morgan fingerprint density at radius 1 is 1.00 bits per heavy atom. The van der Waals surface area contributed by atoms with E-state index in [1.807, 2.05) is 19.1 Å². The topological polar surface area (TPSA) is 55.8 Å². The number of carbonyl (C=O) groups is 2. The third kappa shape index (κ3) is 6.21. The number of amides is 2. The first-order chi connectivity index (χ1) is 17.3. The van der Waals surface area contributed by atoms with Crippen molar-refractivity contribution in [2.75, 3.05) is 6.61 Å². The Balaban J connectivity index is 1.56. The molecule has 1 aliphatic heterocycles. The summed E-state index contributed by atoms with van der Waals surface area (Å²) in [5.74, 6) is 0.623. The Labute approximate surface area is 236 Å². The largest absolute Gasteiger partial charge is 0.490 e. The van der Waals surface area contributed by atoms with Crippen molar-refractivity contribution in [3.63, 3.8) is 0 Å². The summed E-state index contributed by atoms with van der Waals surface area (Å²) >= 11 is 22.8. The van der Waals surface area contributed by atoms with E-state index in [2.05, 4.69) is 15.9 Å². The molecule has 1 heterocycles. The first-order valence-electron chi connectivity index (χ1n) is 10.8. The average molecular weight is 628 g/mol. The maximum absolute atomic E-state index is 13.0. The van der Waals surface area contributed by atoms with Gasteiger partial charge in [0, 0.05) is 20.6 Å². The predicted octanol–water partition coefficient (Wildman–Crippen LogP) is 8.62. The van der Waals surface area contributed by atoms with E-state index in [9.17, 15) is 9.59 Å². The summed E-state index contributed by atoms with van der Waals surface area (Å²) in [6.45, 7) is 2.60. The molecule has 0 spiro atoms. The van der Waals surface area contributed by atoms with Crippen molar-refractivity contribution in [1.82, 2.24) is 4.90 Å². The number of rotatable bonds is 8. The maximum Gasteiger partial charge on any atom is 0.293 e. The van der Waals surface area contributed by atoms with Crippen LogP contribution in [-0.2, 0) is 17.9 Å². The molecular formula is C26H19BrCl3NO4S. The fourth-order valence-electron chi connectivity index (χ4n) is 3.44. The number of ether oxygens (including phenoxy) is 2. The third-order valence-corrected chi connectivity index (χ3v) is 7.63. The highest BCUT2D eigenvalue weighted by Gasteiger charge is 2.35. The molecule has 1 saturated heterocycles. The summed E-state index contributed by atoms with van der Waals surface area (Å²) in [7, 11) is 0. The first-order valence-corrected chi connectivity index (χ1v) is 13.5. The van der Waals surface area contributed by atoms with Crippen LogP contribution in [0.2, 0.25) is 15.1 Å². The van der Waals surface area contributed by atoms with Gasteiger partial charge in [0.2, 0.25) is 0 Å². The normalized spacial score (nSPS) is 14.6. The second-order valence-electron chi connectivity index (χ2n) is 7.65. The van der Waals surface area contributed by atoms with Gasteiger partial charge in [0.25, 0.3) is 11.1 Å². The van der Waals surface area contributed by atoms with Crippen LogP contribution in [-0.4, -0.2) is 22.7 Å². The molecule has 2 amide bonds. The number of hydrogen-bond acceptors (Lipinski definition) is 5. The van der Waals surface area contributed by atoms with Crippen LogP contribution in [0.3, 0.4) is 0 Å². The lowest BCUT2D eigenvalue weighted by Crippen LogP contribution is -2.27. The van der Waals surface area contributed by atoms with Gasteiger partial charge in [-0.05, 0) is 88.2 Å². The predicted molar refractivity (Wildman–Crippen MR) is 149 cm³/mol. The molecule has 3 aromatic rings. The lowest BCUT2D eigenvalue weighted by Gasteiger charge is -2.15. The highest BCUT2D eigenvalue weighted by molar-refractivity contribution is 9.10. The molecule has 0 unspecified atom stereocenters. The van der Waals surface area contributed by atoms with Crippen LogP contribution in [0.4, 0.5) is 4.79 Å². The molecule has 186 valence electrons. The second-order valence-corrected chi connectivity index (χ2v) is 10.7. The zero-order valence-corrected chi connectivity index (χ0v) is 23.6. The summed E-state index contributed by atoms with van der Waals surface area (Å²) in [5, 5.41) is 1.04. The summed E-state index contributed by atoms with van der Waals surface area (Å²) < 4.78 is 12.5. The number of imide groups is 1. The molecule has 10 heteroatoms. The van der Waals surface area contributed by atoms with Gasteiger partial charge in [0.15, 0.2) is 11.5 Å². The Bertz CT molecular complexity index is 1330. The maximum atomic E-state index is 13.0. The van der Waals surface area contributed by atoms with E-state index >= 15 is 0 Å². The smallest absolute Gasteiger partial charge is 0.293 e. The highest BCUT2D eigenvalue weighted by Crippen LogP contribution is 2.40. The van der Waals surface area contributed by atoms with E-state index in [1.165, 1.54) is 0 Å². The van der Waals surface area contributed by atoms with E-state index in [0.717, 1.165) is 22.2 Å². The minimum atomic E-state index is -0.418. The van der Waals surface area contributed by atoms with Crippen LogP contribution >= 0.6 is 62.5 Å². The standard InChI is InChI=1S/C26H19BrCl3NO4S/c1-2-34-22-11-16(10-19(27)24(22)35-14-15-6-8-17(28)9-7-15)12-23-25(32)31(26(33)36-23)13-18-20(29)4-3-5-21(18)30/h3-12H,2,13-14H2,1H3/b23-12+. The van der Waals surface area contributed by atoms with E-state index < -0.39 is 11.1 Å². The Morgan fingerprint density at radius 2 is 1.69 bits per heavy atom. The molecule has 5 nitrogen and oxygen atoms in total. The van der Waals surface area contributed by atoms with Gasteiger partial charge >= 0.3 is 0 Å². The molecule has 0 N–H and O–H groups in total.